The van der Waals surface area contributed by atoms with E-state index in [1.54, 1.807) is 0 Å². The summed E-state index contributed by atoms with van der Waals surface area (Å²) in [7, 11) is -3.90. The molecular weight excluding hydrogens is 430 g/mol. The molecule has 1 heterocycles. The van der Waals surface area contributed by atoms with Crippen molar-refractivity contribution in [3.05, 3.63) is 64.8 Å². The van der Waals surface area contributed by atoms with Crippen LogP contribution < -0.4 is 10.5 Å². The van der Waals surface area contributed by atoms with Crippen LogP contribution in [0.25, 0.3) is 10.9 Å². The topological polar surface area (TPSA) is 128 Å². The summed E-state index contributed by atoms with van der Waals surface area (Å²) in [5, 5.41) is 8.36. The number of carbonyl (C=O) groups excluding carboxylic acids is 2. The van der Waals surface area contributed by atoms with E-state index in [0.29, 0.717) is 5.56 Å². The molecule has 1 aromatic heterocycles. The molecule has 0 fully saturated rings. The van der Waals surface area contributed by atoms with Gasteiger partial charge >= 0.3 is 5.97 Å². The van der Waals surface area contributed by atoms with E-state index in [1.807, 2.05) is 25.1 Å². The number of benzene rings is 2. The molecule has 8 nitrogen and oxygen atoms in total. The summed E-state index contributed by atoms with van der Waals surface area (Å²) in [4.78, 5) is 30.0. The van der Waals surface area contributed by atoms with Crippen molar-refractivity contribution in [1.82, 2.24) is 4.98 Å². The number of hydrogen-bond acceptors (Lipinski definition) is 6. The number of esters is 1. The summed E-state index contributed by atoms with van der Waals surface area (Å²) < 4.78 is 28.3. The Balaban J connectivity index is 1.55. The van der Waals surface area contributed by atoms with Crippen molar-refractivity contribution in [3.8, 4) is 0 Å². The smallest absolute Gasteiger partial charge is 0.339 e. The number of nitrogens with two attached hydrogens (primary N) is 1. The van der Waals surface area contributed by atoms with E-state index in [4.69, 9.17) is 14.9 Å². The lowest BCUT2D eigenvalue weighted by molar-refractivity contribution is -0.119. The normalized spacial score (nSPS) is 13.4. The van der Waals surface area contributed by atoms with Gasteiger partial charge in [-0.25, -0.2) is 18.4 Å². The summed E-state index contributed by atoms with van der Waals surface area (Å²) in [6, 6.07) is 11.3. The van der Waals surface area contributed by atoms with Crippen LogP contribution in [0, 0.1) is 6.92 Å². The number of rotatable bonds is 5. The Hall–Kier alpha value is -3.30. The molecule has 0 atom stereocenters. The van der Waals surface area contributed by atoms with E-state index in [1.165, 1.54) is 24.3 Å². The van der Waals surface area contributed by atoms with Crippen LogP contribution in [0.3, 0.4) is 0 Å². The first kappa shape index (κ1) is 21.9. The monoisotopic (exact) mass is 453 g/mol. The zero-order chi connectivity index (χ0) is 22.9. The molecule has 0 spiro atoms. The predicted octanol–water partition coefficient (Wildman–Crippen LogP) is 2.86. The van der Waals surface area contributed by atoms with Gasteiger partial charge in [0.2, 0.25) is 10.0 Å². The summed E-state index contributed by atoms with van der Waals surface area (Å²) in [6.45, 7) is 1.43. The van der Waals surface area contributed by atoms with Crippen LogP contribution in [0.4, 0.5) is 5.69 Å². The standard InChI is InChI=1S/C23H23N3O5S/c1-14-9-10-20-18(11-14)22(17-7-2-3-8-19(17)26-20)23(28)31-13-21(27)25-15-5-4-6-16(12-15)32(24,29)30/h4-6,9-12H,2-3,7-8,13H2,1H3,(H,25,27)(H2,24,29,30). The number of amides is 1. The molecule has 166 valence electrons. The number of primary sulfonamides is 1. The highest BCUT2D eigenvalue weighted by atomic mass is 32.2. The number of hydrogen-bond donors (Lipinski definition) is 2. The van der Waals surface area contributed by atoms with Crippen LogP contribution in [0.1, 0.15) is 40.0 Å². The van der Waals surface area contributed by atoms with Gasteiger partial charge in [0.15, 0.2) is 6.61 Å². The van der Waals surface area contributed by atoms with Gasteiger partial charge in [-0.1, -0.05) is 17.7 Å². The van der Waals surface area contributed by atoms with Gasteiger partial charge in [0.1, 0.15) is 0 Å². The number of anilines is 1. The van der Waals surface area contributed by atoms with Gasteiger partial charge in [0.05, 0.1) is 16.0 Å². The fourth-order valence-corrected chi connectivity index (χ4v) is 4.48. The number of ether oxygens (including phenoxy) is 1. The van der Waals surface area contributed by atoms with E-state index in [-0.39, 0.29) is 10.6 Å². The highest BCUT2D eigenvalue weighted by Crippen LogP contribution is 2.30. The first-order chi connectivity index (χ1) is 15.2. The number of fused-ring (bicyclic) bond motifs is 2. The lowest BCUT2D eigenvalue weighted by Gasteiger charge is -2.20. The minimum atomic E-state index is -3.90. The van der Waals surface area contributed by atoms with Gasteiger partial charge in [-0.3, -0.25) is 9.78 Å². The number of nitrogens with one attached hydrogen (secondary N) is 1. The lowest BCUT2D eigenvalue weighted by atomic mass is 9.89. The zero-order valence-corrected chi connectivity index (χ0v) is 18.4. The quantitative estimate of drug-likeness (QED) is 0.572. The second kappa shape index (κ2) is 8.68. The molecule has 0 radical (unpaired) electrons. The minimum absolute atomic E-state index is 0.127. The van der Waals surface area contributed by atoms with Crippen molar-refractivity contribution in [2.75, 3.05) is 11.9 Å². The van der Waals surface area contributed by atoms with Crippen LogP contribution >= 0.6 is 0 Å². The molecule has 0 bridgehead atoms. The van der Waals surface area contributed by atoms with Gasteiger partial charge in [-0.05, 0) is 68.5 Å². The molecule has 1 aliphatic carbocycles. The van der Waals surface area contributed by atoms with Gasteiger partial charge in [-0.2, -0.15) is 0 Å². The zero-order valence-electron chi connectivity index (χ0n) is 17.6. The molecule has 3 aromatic rings. The van der Waals surface area contributed by atoms with Crippen molar-refractivity contribution >= 4 is 38.5 Å². The van der Waals surface area contributed by atoms with Gasteiger partial charge < -0.3 is 10.1 Å². The Morgan fingerprint density at radius 3 is 2.69 bits per heavy atom. The summed E-state index contributed by atoms with van der Waals surface area (Å²) in [5.41, 5.74) is 4.23. The molecular formula is C23H23N3O5S. The Bertz CT molecular complexity index is 1330. The van der Waals surface area contributed by atoms with E-state index >= 15 is 0 Å². The fraction of sp³-hybridized carbons (Fsp3) is 0.261. The number of nitrogens with zero attached hydrogens (tertiary/aromatic N) is 1. The van der Waals surface area contributed by atoms with Crippen LogP contribution in [0.5, 0.6) is 0 Å². The molecule has 2 aromatic carbocycles. The molecule has 3 N–H and O–H groups in total. The number of carbonyl (C=O) groups is 2. The Kier molecular flexibility index (Phi) is 5.94. The molecule has 1 amide bonds. The molecule has 0 saturated heterocycles. The second-order valence-corrected chi connectivity index (χ2v) is 9.40. The largest absolute Gasteiger partial charge is 0.452 e. The summed E-state index contributed by atoms with van der Waals surface area (Å²) >= 11 is 0. The van der Waals surface area contributed by atoms with Crippen LogP contribution in [-0.4, -0.2) is 31.9 Å². The average Bonchev–Trinajstić information content (AvgIpc) is 2.75. The summed E-state index contributed by atoms with van der Waals surface area (Å²) in [5.74, 6) is -1.16. The van der Waals surface area contributed by atoms with Gasteiger partial charge in [0.25, 0.3) is 5.91 Å². The van der Waals surface area contributed by atoms with Gasteiger partial charge in [-0.15, -0.1) is 0 Å². The molecule has 0 unspecified atom stereocenters. The first-order valence-electron chi connectivity index (χ1n) is 10.2. The van der Waals surface area contributed by atoms with Crippen LogP contribution in [0.2, 0.25) is 0 Å². The van der Waals surface area contributed by atoms with Crippen LogP contribution in [-0.2, 0) is 32.4 Å². The van der Waals surface area contributed by atoms with E-state index in [0.717, 1.165) is 53.4 Å². The molecule has 1 aliphatic rings. The SMILES string of the molecule is Cc1ccc2nc3c(c(C(=O)OCC(=O)Nc4cccc(S(N)(=O)=O)c4)c2c1)CCCC3. The van der Waals surface area contributed by atoms with E-state index in [9.17, 15) is 18.0 Å². The number of aromatic nitrogens is 1. The van der Waals surface area contributed by atoms with Crippen molar-refractivity contribution in [1.29, 1.82) is 0 Å². The van der Waals surface area contributed by atoms with Gasteiger partial charge in [0, 0.05) is 16.8 Å². The predicted molar refractivity (Wildman–Crippen MR) is 120 cm³/mol. The highest BCUT2D eigenvalue weighted by Gasteiger charge is 2.24. The molecule has 32 heavy (non-hydrogen) atoms. The maximum Gasteiger partial charge on any atom is 0.339 e. The van der Waals surface area contributed by atoms with Crippen molar-refractivity contribution in [3.63, 3.8) is 0 Å². The third-order valence-electron chi connectivity index (χ3n) is 5.40. The average molecular weight is 454 g/mol. The van der Waals surface area contributed by atoms with E-state index < -0.39 is 28.5 Å². The lowest BCUT2D eigenvalue weighted by Crippen LogP contribution is -2.23. The van der Waals surface area contributed by atoms with Crippen LogP contribution in [0.15, 0.2) is 47.4 Å². The molecule has 9 heteroatoms. The number of sulfonamides is 1. The third-order valence-corrected chi connectivity index (χ3v) is 6.31. The molecule has 4 rings (SSSR count). The Labute approximate surface area is 185 Å². The minimum Gasteiger partial charge on any atom is -0.452 e. The van der Waals surface area contributed by atoms with Crippen molar-refractivity contribution < 1.29 is 22.7 Å². The second-order valence-electron chi connectivity index (χ2n) is 7.84. The fourth-order valence-electron chi connectivity index (χ4n) is 3.92. The Morgan fingerprint density at radius 1 is 1.12 bits per heavy atom. The van der Waals surface area contributed by atoms with Crippen molar-refractivity contribution in [2.24, 2.45) is 5.14 Å². The van der Waals surface area contributed by atoms with E-state index in [2.05, 4.69) is 5.32 Å². The summed E-state index contributed by atoms with van der Waals surface area (Å²) in [6.07, 6.45) is 3.53. The maximum absolute atomic E-state index is 13.1. The molecule has 0 aliphatic heterocycles. The first-order valence-corrected chi connectivity index (χ1v) is 11.8. The highest BCUT2D eigenvalue weighted by molar-refractivity contribution is 7.89. The molecule has 0 saturated carbocycles. The number of pyridine rings is 1. The maximum atomic E-state index is 13.1. The third kappa shape index (κ3) is 4.63. The Morgan fingerprint density at radius 2 is 1.91 bits per heavy atom. The number of aryl methyl sites for hydroxylation is 2. The van der Waals surface area contributed by atoms with Crippen molar-refractivity contribution in [2.45, 2.75) is 37.5 Å².